The zero-order valence-corrected chi connectivity index (χ0v) is 13.7. The zero-order chi connectivity index (χ0) is 16.1. The molecule has 0 bridgehead atoms. The normalized spacial score (nSPS) is 37.6. The van der Waals surface area contributed by atoms with Gasteiger partial charge < -0.3 is 10.8 Å². The summed E-state index contributed by atoms with van der Waals surface area (Å²) < 4.78 is 0. The van der Waals surface area contributed by atoms with E-state index in [-0.39, 0.29) is 11.7 Å². The molecule has 4 rings (SSSR count). The van der Waals surface area contributed by atoms with Crippen molar-refractivity contribution >= 4 is 5.78 Å². The maximum absolute atomic E-state index is 12.6. The maximum atomic E-state index is 12.6. The smallest absolute Gasteiger partial charge is 0.191 e. The first kappa shape index (κ1) is 15.3. The van der Waals surface area contributed by atoms with Crippen LogP contribution in [0, 0.1) is 24.7 Å². The number of ketones is 1. The lowest BCUT2D eigenvalue weighted by Crippen LogP contribution is -2.45. The van der Waals surface area contributed by atoms with E-state index >= 15 is 0 Å². The van der Waals surface area contributed by atoms with E-state index in [1.165, 1.54) is 0 Å². The van der Waals surface area contributed by atoms with Gasteiger partial charge in [-0.2, -0.15) is 0 Å². The molecule has 3 aliphatic rings. The van der Waals surface area contributed by atoms with Gasteiger partial charge in [0.25, 0.3) is 0 Å². The number of hydrogen-bond acceptors (Lipinski definition) is 4. The summed E-state index contributed by atoms with van der Waals surface area (Å²) in [7, 11) is 0. The van der Waals surface area contributed by atoms with E-state index in [9.17, 15) is 9.90 Å². The molecule has 5 atom stereocenters. The molecule has 3 fully saturated rings. The highest BCUT2D eigenvalue weighted by Crippen LogP contribution is 2.47. The van der Waals surface area contributed by atoms with Crippen LogP contribution in [0.4, 0.5) is 0 Å². The van der Waals surface area contributed by atoms with Crippen molar-refractivity contribution < 1.29 is 9.90 Å². The second-order valence-electron chi connectivity index (χ2n) is 7.70. The molecule has 124 valence electrons. The molecular weight excluding hydrogens is 288 g/mol. The summed E-state index contributed by atoms with van der Waals surface area (Å²) in [5.41, 5.74) is 7.79. The fraction of sp³-hybridized carbons (Fsp3) is 0.632. The first-order valence-corrected chi connectivity index (χ1v) is 8.85. The highest BCUT2D eigenvalue weighted by molar-refractivity contribution is 5.99. The Labute approximate surface area is 137 Å². The SMILES string of the molecule is Cc1ccc(C(=O)C(O)C2CCCC2N2CC3C(N)C3C2)cc1. The summed E-state index contributed by atoms with van der Waals surface area (Å²) in [6, 6.07) is 8.26. The molecule has 0 spiro atoms. The topological polar surface area (TPSA) is 66.6 Å². The Kier molecular flexibility index (Phi) is 3.79. The number of Topliss-reactive ketones (excluding diaryl/α,β-unsaturated/α-hetero) is 1. The summed E-state index contributed by atoms with van der Waals surface area (Å²) in [5.74, 6) is 1.25. The minimum Gasteiger partial charge on any atom is -0.385 e. The number of nitrogens with two attached hydrogens (primary N) is 1. The molecule has 4 nitrogen and oxygen atoms in total. The highest BCUT2D eigenvalue weighted by Gasteiger charge is 2.56. The molecule has 0 aromatic heterocycles. The summed E-state index contributed by atoms with van der Waals surface area (Å²) in [6.45, 7) is 4.11. The molecule has 1 saturated heterocycles. The number of likely N-dealkylation sites (tertiary alicyclic amines) is 1. The van der Waals surface area contributed by atoms with Crippen molar-refractivity contribution in [1.82, 2.24) is 4.90 Å². The third-order valence-electron chi connectivity index (χ3n) is 6.30. The first-order chi connectivity index (χ1) is 11.1. The molecule has 1 aromatic carbocycles. The number of carbonyl (C=O) groups is 1. The van der Waals surface area contributed by atoms with E-state index in [0.29, 0.717) is 29.5 Å². The molecule has 5 unspecified atom stereocenters. The molecule has 4 heteroatoms. The zero-order valence-electron chi connectivity index (χ0n) is 13.7. The second-order valence-corrected chi connectivity index (χ2v) is 7.70. The van der Waals surface area contributed by atoms with Gasteiger partial charge in [-0.25, -0.2) is 0 Å². The predicted octanol–water partition coefficient (Wildman–Crippen LogP) is 1.60. The van der Waals surface area contributed by atoms with E-state index in [4.69, 9.17) is 5.73 Å². The van der Waals surface area contributed by atoms with Crippen LogP contribution in [0.5, 0.6) is 0 Å². The van der Waals surface area contributed by atoms with Crippen molar-refractivity contribution in [2.75, 3.05) is 13.1 Å². The monoisotopic (exact) mass is 314 g/mol. The van der Waals surface area contributed by atoms with Gasteiger partial charge in [-0.3, -0.25) is 9.69 Å². The van der Waals surface area contributed by atoms with Gasteiger partial charge in [-0.1, -0.05) is 36.2 Å². The third kappa shape index (κ3) is 2.63. The molecule has 2 saturated carbocycles. The van der Waals surface area contributed by atoms with Crippen LogP contribution in [0.1, 0.15) is 35.2 Å². The van der Waals surface area contributed by atoms with Crippen molar-refractivity contribution in [3.8, 4) is 0 Å². The minimum atomic E-state index is -0.879. The number of rotatable bonds is 4. The maximum Gasteiger partial charge on any atom is 0.191 e. The third-order valence-corrected chi connectivity index (χ3v) is 6.30. The number of hydrogen-bond donors (Lipinski definition) is 2. The van der Waals surface area contributed by atoms with Crippen LogP contribution in [0.15, 0.2) is 24.3 Å². The number of piperidine rings is 1. The molecule has 1 heterocycles. The van der Waals surface area contributed by atoms with E-state index in [0.717, 1.165) is 37.9 Å². The van der Waals surface area contributed by atoms with E-state index in [1.54, 1.807) is 0 Å². The molecular formula is C19H26N2O2. The van der Waals surface area contributed by atoms with Gasteiger partial charge in [0.2, 0.25) is 0 Å². The first-order valence-electron chi connectivity index (χ1n) is 8.85. The Morgan fingerprint density at radius 2 is 1.87 bits per heavy atom. The summed E-state index contributed by atoms with van der Waals surface area (Å²) in [4.78, 5) is 15.1. The van der Waals surface area contributed by atoms with Crippen LogP contribution in [-0.4, -0.2) is 47.1 Å². The number of aliphatic hydroxyl groups is 1. The molecule has 1 aromatic rings. The van der Waals surface area contributed by atoms with Crippen LogP contribution >= 0.6 is 0 Å². The van der Waals surface area contributed by atoms with Crippen LogP contribution in [-0.2, 0) is 0 Å². The molecule has 1 aliphatic heterocycles. The van der Waals surface area contributed by atoms with Gasteiger partial charge in [0.15, 0.2) is 5.78 Å². The van der Waals surface area contributed by atoms with Gasteiger partial charge in [0.1, 0.15) is 6.10 Å². The standard InChI is InChI=1S/C19H26N2O2/c1-11-5-7-12(8-6-11)18(22)19(23)13-3-2-4-16(13)21-9-14-15(10-21)17(14)20/h5-8,13-17,19,23H,2-4,9-10,20H2,1H3. The van der Waals surface area contributed by atoms with Crippen LogP contribution in [0.25, 0.3) is 0 Å². The summed E-state index contributed by atoms with van der Waals surface area (Å²) >= 11 is 0. The molecule has 3 N–H and O–H groups in total. The van der Waals surface area contributed by atoms with Crippen molar-refractivity contribution in [3.05, 3.63) is 35.4 Å². The predicted molar refractivity (Wildman–Crippen MR) is 89.2 cm³/mol. The fourth-order valence-electron chi connectivity index (χ4n) is 4.75. The number of carbonyl (C=O) groups excluding carboxylic acids is 1. The van der Waals surface area contributed by atoms with Crippen LogP contribution in [0.2, 0.25) is 0 Å². The highest BCUT2D eigenvalue weighted by atomic mass is 16.3. The van der Waals surface area contributed by atoms with Crippen LogP contribution < -0.4 is 5.73 Å². The number of nitrogens with zero attached hydrogens (tertiary/aromatic N) is 1. The second kappa shape index (κ2) is 5.69. The quantitative estimate of drug-likeness (QED) is 0.829. The van der Waals surface area contributed by atoms with Crippen molar-refractivity contribution in [1.29, 1.82) is 0 Å². The fourth-order valence-corrected chi connectivity index (χ4v) is 4.75. The lowest BCUT2D eigenvalue weighted by Gasteiger charge is -2.33. The Morgan fingerprint density at radius 1 is 1.22 bits per heavy atom. The molecule has 23 heavy (non-hydrogen) atoms. The molecule has 0 radical (unpaired) electrons. The number of aryl methyl sites for hydroxylation is 1. The van der Waals surface area contributed by atoms with Gasteiger partial charge in [-0.15, -0.1) is 0 Å². The average Bonchev–Trinajstić information content (AvgIpc) is 2.99. The van der Waals surface area contributed by atoms with Crippen molar-refractivity contribution in [2.24, 2.45) is 23.5 Å². The minimum absolute atomic E-state index is 0.0672. The van der Waals surface area contributed by atoms with Gasteiger partial charge in [-0.05, 0) is 31.6 Å². The Bertz CT molecular complexity index is 588. The number of fused-ring (bicyclic) bond motifs is 1. The Balaban J connectivity index is 1.45. The van der Waals surface area contributed by atoms with E-state index in [2.05, 4.69) is 4.90 Å². The van der Waals surface area contributed by atoms with Gasteiger partial charge >= 0.3 is 0 Å². The van der Waals surface area contributed by atoms with Crippen molar-refractivity contribution in [3.63, 3.8) is 0 Å². The van der Waals surface area contributed by atoms with Gasteiger partial charge in [0.05, 0.1) is 0 Å². The Morgan fingerprint density at radius 3 is 2.52 bits per heavy atom. The summed E-state index contributed by atoms with van der Waals surface area (Å²) in [5, 5.41) is 10.7. The molecule has 0 amide bonds. The number of benzene rings is 1. The Hall–Kier alpha value is -1.23. The number of aliphatic hydroxyl groups excluding tert-OH is 1. The summed E-state index contributed by atoms with van der Waals surface area (Å²) in [6.07, 6.45) is 2.26. The van der Waals surface area contributed by atoms with E-state index in [1.807, 2.05) is 31.2 Å². The lowest BCUT2D eigenvalue weighted by molar-refractivity contribution is 0.0427. The average molecular weight is 314 g/mol. The lowest BCUT2D eigenvalue weighted by atomic mass is 9.90. The van der Waals surface area contributed by atoms with Crippen LogP contribution in [0.3, 0.4) is 0 Å². The largest absolute Gasteiger partial charge is 0.385 e. The van der Waals surface area contributed by atoms with Crippen molar-refractivity contribution in [2.45, 2.75) is 44.4 Å². The van der Waals surface area contributed by atoms with Gasteiger partial charge in [0, 0.05) is 36.7 Å². The molecule has 2 aliphatic carbocycles. The van der Waals surface area contributed by atoms with E-state index < -0.39 is 6.10 Å².